The predicted molar refractivity (Wildman–Crippen MR) is 102 cm³/mol. The van der Waals surface area contributed by atoms with E-state index < -0.39 is 17.6 Å². The number of halogens is 3. The molecule has 0 saturated heterocycles. The SMILES string of the molecule is CN(CCO)C1=C(c2ccc(Cl)cc2Cl)C(=O)N(c2cccc(F)c2)C1=O. The van der Waals surface area contributed by atoms with Crippen LogP contribution in [0.5, 0.6) is 0 Å². The summed E-state index contributed by atoms with van der Waals surface area (Å²) in [7, 11) is 1.58. The number of aliphatic hydroxyl groups excluding tert-OH is 1. The summed E-state index contributed by atoms with van der Waals surface area (Å²) < 4.78 is 13.6. The Balaban J connectivity index is 2.18. The first-order valence-electron chi connectivity index (χ1n) is 8.01. The first-order valence-corrected chi connectivity index (χ1v) is 8.76. The monoisotopic (exact) mass is 408 g/mol. The van der Waals surface area contributed by atoms with E-state index in [1.807, 2.05) is 0 Å². The van der Waals surface area contributed by atoms with Gasteiger partial charge in [-0.15, -0.1) is 0 Å². The third-order valence-corrected chi connectivity index (χ3v) is 4.69. The molecule has 0 atom stereocenters. The van der Waals surface area contributed by atoms with Crippen molar-refractivity contribution < 1.29 is 19.1 Å². The maximum atomic E-state index is 13.6. The highest BCUT2D eigenvalue weighted by Gasteiger charge is 2.42. The zero-order chi connectivity index (χ0) is 19.7. The summed E-state index contributed by atoms with van der Waals surface area (Å²) in [6, 6.07) is 9.78. The highest BCUT2D eigenvalue weighted by Crippen LogP contribution is 2.37. The van der Waals surface area contributed by atoms with Gasteiger partial charge in [-0.1, -0.05) is 35.3 Å². The van der Waals surface area contributed by atoms with Gasteiger partial charge in [0.05, 0.1) is 22.9 Å². The number of hydrogen-bond donors (Lipinski definition) is 1. The molecule has 0 fully saturated rings. The van der Waals surface area contributed by atoms with E-state index in [-0.39, 0.29) is 35.1 Å². The van der Waals surface area contributed by atoms with Crippen LogP contribution in [0.1, 0.15) is 5.56 Å². The second kappa shape index (κ2) is 7.68. The Morgan fingerprint density at radius 1 is 1.11 bits per heavy atom. The number of rotatable bonds is 5. The molecule has 0 aliphatic carbocycles. The van der Waals surface area contributed by atoms with Gasteiger partial charge in [0.15, 0.2) is 0 Å². The van der Waals surface area contributed by atoms with Crippen molar-refractivity contribution in [3.8, 4) is 0 Å². The van der Waals surface area contributed by atoms with Gasteiger partial charge in [-0.25, -0.2) is 9.29 Å². The molecule has 2 aromatic rings. The summed E-state index contributed by atoms with van der Waals surface area (Å²) in [4.78, 5) is 28.5. The Hall–Kier alpha value is -2.41. The molecule has 0 aromatic heterocycles. The van der Waals surface area contributed by atoms with Crippen molar-refractivity contribution in [3.05, 3.63) is 69.6 Å². The van der Waals surface area contributed by atoms with Crippen LogP contribution in [-0.4, -0.2) is 42.0 Å². The normalized spacial score (nSPS) is 14.3. The lowest BCUT2D eigenvalue weighted by Gasteiger charge is -2.20. The summed E-state index contributed by atoms with van der Waals surface area (Å²) in [5, 5.41) is 9.84. The van der Waals surface area contributed by atoms with Crippen LogP contribution >= 0.6 is 23.2 Å². The molecule has 27 heavy (non-hydrogen) atoms. The molecule has 0 bridgehead atoms. The molecule has 2 amide bonds. The van der Waals surface area contributed by atoms with Gasteiger partial charge in [0.25, 0.3) is 11.8 Å². The zero-order valence-corrected chi connectivity index (χ0v) is 15.8. The summed E-state index contributed by atoms with van der Waals surface area (Å²) in [5.41, 5.74) is 0.586. The van der Waals surface area contributed by atoms with Gasteiger partial charge >= 0.3 is 0 Å². The van der Waals surface area contributed by atoms with E-state index in [0.717, 1.165) is 11.0 Å². The number of nitrogens with zero attached hydrogens (tertiary/aromatic N) is 2. The van der Waals surface area contributed by atoms with E-state index in [4.69, 9.17) is 23.2 Å². The standard InChI is InChI=1S/C19H15Cl2FN2O3/c1-23(7-8-25)17-16(14-6-5-11(20)9-15(14)21)18(26)24(19(17)27)13-4-2-3-12(22)10-13/h2-6,9-10,25H,7-8H2,1H3. The van der Waals surface area contributed by atoms with Gasteiger partial charge < -0.3 is 10.0 Å². The Morgan fingerprint density at radius 3 is 2.48 bits per heavy atom. The van der Waals surface area contributed by atoms with Gasteiger partial charge in [-0.2, -0.15) is 0 Å². The molecule has 1 aliphatic heterocycles. The van der Waals surface area contributed by atoms with Crippen molar-refractivity contribution in [2.45, 2.75) is 0 Å². The van der Waals surface area contributed by atoms with Crippen molar-refractivity contribution in [2.24, 2.45) is 0 Å². The average Bonchev–Trinajstić information content (AvgIpc) is 2.86. The number of amides is 2. The van der Waals surface area contributed by atoms with Gasteiger partial charge in [0.1, 0.15) is 11.5 Å². The molecule has 1 heterocycles. The number of aliphatic hydroxyl groups is 1. The van der Waals surface area contributed by atoms with Crippen molar-refractivity contribution in [1.82, 2.24) is 4.90 Å². The van der Waals surface area contributed by atoms with Crippen molar-refractivity contribution in [3.63, 3.8) is 0 Å². The molecule has 3 rings (SSSR count). The Morgan fingerprint density at radius 2 is 1.85 bits per heavy atom. The van der Waals surface area contributed by atoms with E-state index in [9.17, 15) is 19.1 Å². The van der Waals surface area contributed by atoms with Crippen molar-refractivity contribution in [2.75, 3.05) is 25.1 Å². The molecule has 0 unspecified atom stereocenters. The first-order chi connectivity index (χ1) is 12.8. The molecule has 8 heteroatoms. The second-order valence-electron chi connectivity index (χ2n) is 5.92. The minimum absolute atomic E-state index is 0.0712. The van der Waals surface area contributed by atoms with Crippen LogP contribution in [0, 0.1) is 5.82 Å². The van der Waals surface area contributed by atoms with E-state index in [0.29, 0.717) is 10.6 Å². The lowest BCUT2D eigenvalue weighted by atomic mass is 10.0. The number of likely N-dealkylation sites (N-methyl/N-ethyl adjacent to an activating group) is 1. The number of imide groups is 1. The molecular weight excluding hydrogens is 394 g/mol. The van der Waals surface area contributed by atoms with Crippen LogP contribution in [-0.2, 0) is 9.59 Å². The Kier molecular flexibility index (Phi) is 5.51. The molecule has 0 spiro atoms. The predicted octanol–water partition coefficient (Wildman–Crippen LogP) is 3.34. The van der Waals surface area contributed by atoms with Crippen LogP contribution in [0.15, 0.2) is 48.2 Å². The van der Waals surface area contributed by atoms with Crippen LogP contribution in [0.3, 0.4) is 0 Å². The smallest absolute Gasteiger partial charge is 0.282 e. The Bertz CT molecular complexity index is 962. The second-order valence-corrected chi connectivity index (χ2v) is 6.76. The lowest BCUT2D eigenvalue weighted by molar-refractivity contribution is -0.120. The number of benzene rings is 2. The molecule has 0 saturated carbocycles. The summed E-state index contributed by atoms with van der Waals surface area (Å²) >= 11 is 12.2. The van der Waals surface area contributed by atoms with Gasteiger partial charge in [0.2, 0.25) is 0 Å². The maximum absolute atomic E-state index is 13.6. The number of carbonyl (C=O) groups is 2. The summed E-state index contributed by atoms with van der Waals surface area (Å²) in [5.74, 6) is -1.83. The van der Waals surface area contributed by atoms with Crippen molar-refractivity contribution >= 4 is 46.3 Å². The quantitative estimate of drug-likeness (QED) is 0.770. The number of hydrogen-bond acceptors (Lipinski definition) is 4. The van der Waals surface area contributed by atoms with E-state index in [1.165, 1.54) is 29.2 Å². The van der Waals surface area contributed by atoms with Crippen LogP contribution in [0.4, 0.5) is 10.1 Å². The van der Waals surface area contributed by atoms with Gasteiger partial charge in [0, 0.05) is 24.2 Å². The molecule has 140 valence electrons. The third kappa shape index (κ3) is 3.56. The highest BCUT2D eigenvalue weighted by atomic mass is 35.5. The molecule has 2 aromatic carbocycles. The molecule has 1 N–H and O–H groups in total. The highest BCUT2D eigenvalue weighted by molar-refractivity contribution is 6.47. The molecule has 1 aliphatic rings. The number of carbonyl (C=O) groups excluding carboxylic acids is 2. The fraction of sp³-hybridized carbons (Fsp3) is 0.158. The van der Waals surface area contributed by atoms with E-state index >= 15 is 0 Å². The summed E-state index contributed by atoms with van der Waals surface area (Å²) in [6.07, 6.45) is 0. The third-order valence-electron chi connectivity index (χ3n) is 4.14. The molecule has 5 nitrogen and oxygen atoms in total. The minimum Gasteiger partial charge on any atom is -0.395 e. The lowest BCUT2D eigenvalue weighted by Crippen LogP contribution is -2.34. The average molecular weight is 409 g/mol. The Labute approximate surface area is 165 Å². The number of anilines is 1. The largest absolute Gasteiger partial charge is 0.395 e. The van der Waals surface area contributed by atoms with Gasteiger partial charge in [-0.3, -0.25) is 9.59 Å². The van der Waals surface area contributed by atoms with E-state index in [1.54, 1.807) is 19.2 Å². The fourth-order valence-electron chi connectivity index (χ4n) is 2.92. The maximum Gasteiger partial charge on any atom is 0.282 e. The molecular formula is C19H15Cl2FN2O3. The molecule has 0 radical (unpaired) electrons. The minimum atomic E-state index is -0.630. The van der Waals surface area contributed by atoms with E-state index in [2.05, 4.69) is 0 Å². The first kappa shape index (κ1) is 19.4. The summed E-state index contributed by atoms with van der Waals surface area (Å²) in [6.45, 7) is -0.0941. The van der Waals surface area contributed by atoms with Gasteiger partial charge in [-0.05, 0) is 30.3 Å². The van der Waals surface area contributed by atoms with Crippen LogP contribution in [0.25, 0.3) is 5.57 Å². The fourth-order valence-corrected chi connectivity index (χ4v) is 3.42. The van der Waals surface area contributed by atoms with Crippen molar-refractivity contribution in [1.29, 1.82) is 0 Å². The topological polar surface area (TPSA) is 60.9 Å². The van der Waals surface area contributed by atoms with Crippen LogP contribution < -0.4 is 4.90 Å². The zero-order valence-electron chi connectivity index (χ0n) is 14.2. The van der Waals surface area contributed by atoms with Crippen LogP contribution in [0.2, 0.25) is 10.0 Å².